The zero-order chi connectivity index (χ0) is 12.9. The van der Waals surface area contributed by atoms with E-state index in [2.05, 4.69) is 20.9 Å². The standard InChI is InChI=1S/C14H22N4O/c1-2-4-12(5-3-1)19-14-11-16-10-13(17-14)18-8-6-15-7-9-18/h1-5,13-17H,6-11H2. The fourth-order valence-electron chi connectivity index (χ4n) is 2.65. The molecule has 3 rings (SSSR count). The van der Waals surface area contributed by atoms with E-state index in [1.165, 1.54) is 0 Å². The predicted molar refractivity (Wildman–Crippen MR) is 75.1 cm³/mol. The van der Waals surface area contributed by atoms with Gasteiger partial charge in [0.25, 0.3) is 0 Å². The van der Waals surface area contributed by atoms with E-state index < -0.39 is 0 Å². The van der Waals surface area contributed by atoms with E-state index in [0.717, 1.165) is 45.0 Å². The molecule has 2 aliphatic heterocycles. The van der Waals surface area contributed by atoms with Crippen LogP contribution in [-0.2, 0) is 0 Å². The van der Waals surface area contributed by atoms with Crippen molar-refractivity contribution in [3.63, 3.8) is 0 Å². The number of para-hydroxylation sites is 1. The van der Waals surface area contributed by atoms with Gasteiger partial charge in [-0.15, -0.1) is 0 Å². The average Bonchev–Trinajstić information content (AvgIpc) is 2.49. The van der Waals surface area contributed by atoms with Crippen LogP contribution in [0.25, 0.3) is 0 Å². The molecule has 0 radical (unpaired) electrons. The van der Waals surface area contributed by atoms with Gasteiger partial charge in [-0.2, -0.15) is 0 Å². The van der Waals surface area contributed by atoms with Gasteiger partial charge in [0.15, 0.2) is 6.23 Å². The Bertz CT molecular complexity index is 380. The normalized spacial score (nSPS) is 29.1. The van der Waals surface area contributed by atoms with Gasteiger partial charge in [-0.1, -0.05) is 18.2 Å². The van der Waals surface area contributed by atoms with Crippen molar-refractivity contribution in [3.05, 3.63) is 30.3 Å². The fraction of sp³-hybridized carbons (Fsp3) is 0.571. The molecule has 0 aromatic heterocycles. The minimum Gasteiger partial charge on any atom is -0.474 e. The summed E-state index contributed by atoms with van der Waals surface area (Å²) in [6, 6.07) is 9.99. The van der Waals surface area contributed by atoms with E-state index in [1.807, 2.05) is 30.3 Å². The zero-order valence-corrected chi connectivity index (χ0v) is 11.1. The third-order valence-corrected chi connectivity index (χ3v) is 3.66. The number of nitrogens with zero attached hydrogens (tertiary/aromatic N) is 1. The third-order valence-electron chi connectivity index (χ3n) is 3.66. The van der Waals surface area contributed by atoms with Gasteiger partial charge in [0, 0.05) is 39.3 Å². The molecule has 104 valence electrons. The maximum atomic E-state index is 5.96. The van der Waals surface area contributed by atoms with Crippen LogP contribution in [0, 0.1) is 0 Å². The Kier molecular flexibility index (Phi) is 4.30. The second-order valence-electron chi connectivity index (χ2n) is 5.05. The van der Waals surface area contributed by atoms with Gasteiger partial charge in [0.05, 0.1) is 6.17 Å². The lowest BCUT2D eigenvalue weighted by Crippen LogP contribution is -2.65. The molecule has 2 heterocycles. The first-order valence-corrected chi connectivity index (χ1v) is 7.05. The van der Waals surface area contributed by atoms with Crippen LogP contribution < -0.4 is 20.7 Å². The summed E-state index contributed by atoms with van der Waals surface area (Å²) in [6.45, 7) is 6.16. The lowest BCUT2D eigenvalue weighted by Gasteiger charge is -2.40. The lowest BCUT2D eigenvalue weighted by molar-refractivity contribution is 0.0475. The highest BCUT2D eigenvalue weighted by Gasteiger charge is 2.27. The Morgan fingerprint density at radius 3 is 2.58 bits per heavy atom. The molecule has 1 aromatic carbocycles. The number of piperazine rings is 2. The summed E-state index contributed by atoms with van der Waals surface area (Å²) in [5.41, 5.74) is 0. The Balaban J connectivity index is 1.55. The first-order chi connectivity index (χ1) is 9.42. The predicted octanol–water partition coefficient (Wildman–Crippen LogP) is -0.184. The molecular formula is C14H22N4O. The topological polar surface area (TPSA) is 48.6 Å². The molecule has 0 bridgehead atoms. The maximum absolute atomic E-state index is 5.96. The summed E-state index contributed by atoms with van der Waals surface area (Å²) in [5, 5.41) is 10.4. The van der Waals surface area contributed by atoms with E-state index in [-0.39, 0.29) is 6.23 Å². The van der Waals surface area contributed by atoms with Gasteiger partial charge in [-0.3, -0.25) is 10.2 Å². The molecule has 2 unspecified atom stereocenters. The Morgan fingerprint density at radius 1 is 1.00 bits per heavy atom. The first-order valence-electron chi connectivity index (χ1n) is 7.05. The molecular weight excluding hydrogens is 240 g/mol. The second kappa shape index (κ2) is 6.34. The van der Waals surface area contributed by atoms with E-state index in [0.29, 0.717) is 6.17 Å². The molecule has 0 spiro atoms. The monoisotopic (exact) mass is 262 g/mol. The van der Waals surface area contributed by atoms with Crippen LogP contribution in [0.3, 0.4) is 0 Å². The SMILES string of the molecule is c1ccc(OC2CNCC(N3CCNCC3)N2)cc1. The van der Waals surface area contributed by atoms with Crippen LogP contribution in [0.1, 0.15) is 0 Å². The molecule has 5 nitrogen and oxygen atoms in total. The molecule has 2 atom stereocenters. The van der Waals surface area contributed by atoms with E-state index >= 15 is 0 Å². The molecule has 0 aliphatic carbocycles. The summed E-state index contributed by atoms with van der Waals surface area (Å²) in [7, 11) is 0. The minimum absolute atomic E-state index is 0.0380. The Hall–Kier alpha value is -1.14. The molecule has 2 aliphatic rings. The van der Waals surface area contributed by atoms with Crippen LogP contribution in [0.5, 0.6) is 5.75 Å². The van der Waals surface area contributed by atoms with Gasteiger partial charge >= 0.3 is 0 Å². The molecule has 3 N–H and O–H groups in total. The van der Waals surface area contributed by atoms with Crippen molar-refractivity contribution in [1.82, 2.24) is 20.9 Å². The van der Waals surface area contributed by atoms with Gasteiger partial charge in [-0.05, 0) is 12.1 Å². The second-order valence-corrected chi connectivity index (χ2v) is 5.05. The van der Waals surface area contributed by atoms with Crippen molar-refractivity contribution in [1.29, 1.82) is 0 Å². The fourth-order valence-corrected chi connectivity index (χ4v) is 2.65. The van der Waals surface area contributed by atoms with Crippen molar-refractivity contribution < 1.29 is 4.74 Å². The number of benzene rings is 1. The summed E-state index contributed by atoms with van der Waals surface area (Å²) in [6.07, 6.45) is 0.403. The average molecular weight is 262 g/mol. The number of hydrogen-bond donors (Lipinski definition) is 3. The highest BCUT2D eigenvalue weighted by molar-refractivity contribution is 5.21. The quantitative estimate of drug-likeness (QED) is 0.705. The van der Waals surface area contributed by atoms with Crippen LogP contribution in [0.4, 0.5) is 0 Å². The van der Waals surface area contributed by atoms with Gasteiger partial charge in [0.2, 0.25) is 0 Å². The van der Waals surface area contributed by atoms with Crippen LogP contribution in [0.15, 0.2) is 30.3 Å². The van der Waals surface area contributed by atoms with Crippen molar-refractivity contribution in [2.24, 2.45) is 0 Å². The third kappa shape index (κ3) is 3.45. The number of hydrogen-bond acceptors (Lipinski definition) is 5. The Morgan fingerprint density at radius 2 is 1.79 bits per heavy atom. The molecule has 1 aromatic rings. The molecule has 2 fully saturated rings. The van der Waals surface area contributed by atoms with E-state index in [1.54, 1.807) is 0 Å². The largest absolute Gasteiger partial charge is 0.474 e. The number of rotatable bonds is 3. The first kappa shape index (κ1) is 12.9. The summed E-state index contributed by atoms with van der Waals surface area (Å²) >= 11 is 0. The molecule has 0 amide bonds. The Labute approximate surface area is 114 Å². The van der Waals surface area contributed by atoms with Crippen LogP contribution in [-0.4, -0.2) is 56.6 Å². The van der Waals surface area contributed by atoms with Crippen molar-refractivity contribution in [3.8, 4) is 5.75 Å². The zero-order valence-electron chi connectivity index (χ0n) is 11.1. The van der Waals surface area contributed by atoms with E-state index in [9.17, 15) is 0 Å². The van der Waals surface area contributed by atoms with Gasteiger partial charge in [-0.25, -0.2) is 0 Å². The van der Waals surface area contributed by atoms with Crippen molar-refractivity contribution >= 4 is 0 Å². The van der Waals surface area contributed by atoms with Crippen LogP contribution >= 0.6 is 0 Å². The number of ether oxygens (including phenoxy) is 1. The van der Waals surface area contributed by atoms with E-state index in [4.69, 9.17) is 4.74 Å². The molecule has 0 saturated carbocycles. The van der Waals surface area contributed by atoms with Crippen LogP contribution in [0.2, 0.25) is 0 Å². The highest BCUT2D eigenvalue weighted by atomic mass is 16.5. The van der Waals surface area contributed by atoms with Crippen molar-refractivity contribution in [2.45, 2.75) is 12.4 Å². The minimum atomic E-state index is 0.0380. The van der Waals surface area contributed by atoms with Gasteiger partial charge in [0.1, 0.15) is 5.75 Å². The molecule has 5 heteroatoms. The maximum Gasteiger partial charge on any atom is 0.163 e. The summed E-state index contributed by atoms with van der Waals surface area (Å²) < 4.78 is 5.96. The summed E-state index contributed by atoms with van der Waals surface area (Å²) in [4.78, 5) is 2.48. The summed E-state index contributed by atoms with van der Waals surface area (Å²) in [5.74, 6) is 0.919. The highest BCUT2D eigenvalue weighted by Crippen LogP contribution is 2.12. The smallest absolute Gasteiger partial charge is 0.163 e. The number of nitrogens with one attached hydrogen (secondary N) is 3. The van der Waals surface area contributed by atoms with Crippen molar-refractivity contribution in [2.75, 3.05) is 39.3 Å². The molecule has 2 saturated heterocycles. The molecule has 19 heavy (non-hydrogen) atoms. The van der Waals surface area contributed by atoms with Gasteiger partial charge < -0.3 is 15.4 Å². The lowest BCUT2D eigenvalue weighted by atomic mass is 10.2.